The third kappa shape index (κ3) is 2.30. The fraction of sp³-hybridized carbons (Fsp3) is 0.500. The van der Waals surface area contributed by atoms with Crippen molar-refractivity contribution in [3.8, 4) is 0 Å². The number of aromatic amines is 1. The van der Waals surface area contributed by atoms with Crippen LogP contribution in [0.2, 0.25) is 0 Å². The van der Waals surface area contributed by atoms with E-state index in [0.29, 0.717) is 6.42 Å². The summed E-state index contributed by atoms with van der Waals surface area (Å²) in [6, 6.07) is 0. The van der Waals surface area contributed by atoms with E-state index in [1.54, 1.807) is 20.0 Å². The van der Waals surface area contributed by atoms with Crippen molar-refractivity contribution in [1.82, 2.24) is 10.2 Å². The van der Waals surface area contributed by atoms with Gasteiger partial charge in [-0.3, -0.25) is 9.89 Å². The smallest absolute Gasteiger partial charge is 0.309 e. The molecule has 1 aromatic rings. The van der Waals surface area contributed by atoms with Crippen molar-refractivity contribution in [2.24, 2.45) is 5.41 Å². The van der Waals surface area contributed by atoms with E-state index in [4.69, 9.17) is 5.11 Å². The predicted molar refractivity (Wildman–Crippen MR) is 51.4 cm³/mol. The van der Waals surface area contributed by atoms with E-state index in [-0.39, 0.29) is 0 Å². The van der Waals surface area contributed by atoms with Crippen LogP contribution in [0.1, 0.15) is 19.5 Å². The largest absolute Gasteiger partial charge is 0.481 e. The maximum atomic E-state index is 10.8. The molecule has 0 amide bonds. The molecule has 0 aliphatic carbocycles. The molecule has 0 aromatic carbocycles. The molecule has 0 fully saturated rings. The Morgan fingerprint density at radius 2 is 2.38 bits per heavy atom. The first-order valence-corrected chi connectivity index (χ1v) is 4.64. The number of hydrogen-bond donors (Lipinski definition) is 2. The Morgan fingerprint density at radius 3 is 2.77 bits per heavy atom. The number of aromatic nitrogens is 2. The highest BCUT2D eigenvalue weighted by molar-refractivity contribution is 9.10. The molecule has 0 aliphatic rings. The van der Waals surface area contributed by atoms with Gasteiger partial charge in [0.25, 0.3) is 0 Å². The van der Waals surface area contributed by atoms with Gasteiger partial charge in [-0.05, 0) is 29.8 Å². The lowest BCUT2D eigenvalue weighted by molar-refractivity contribution is -0.146. The molecule has 1 rings (SSSR count). The van der Waals surface area contributed by atoms with Gasteiger partial charge in [-0.2, -0.15) is 5.10 Å². The number of halogens is 1. The summed E-state index contributed by atoms with van der Waals surface area (Å²) in [5.74, 6) is -0.811. The first-order valence-electron chi connectivity index (χ1n) is 3.84. The molecule has 0 bridgehead atoms. The monoisotopic (exact) mass is 246 g/mol. The minimum atomic E-state index is -0.811. The number of carbonyl (C=O) groups is 1. The van der Waals surface area contributed by atoms with Crippen LogP contribution in [0.15, 0.2) is 10.7 Å². The Kier molecular flexibility index (Phi) is 2.75. The highest BCUT2D eigenvalue weighted by Crippen LogP contribution is 2.24. The van der Waals surface area contributed by atoms with E-state index in [1.165, 1.54) is 0 Å². The quantitative estimate of drug-likeness (QED) is 0.856. The number of nitrogens with zero attached hydrogens (tertiary/aromatic N) is 1. The van der Waals surface area contributed by atoms with Gasteiger partial charge in [0.1, 0.15) is 0 Å². The third-order valence-corrected chi connectivity index (χ3v) is 2.55. The molecule has 0 saturated carbocycles. The van der Waals surface area contributed by atoms with Crippen LogP contribution in [-0.2, 0) is 11.2 Å². The average Bonchev–Trinajstić information content (AvgIpc) is 2.35. The van der Waals surface area contributed by atoms with E-state index in [9.17, 15) is 4.79 Å². The Labute approximate surface area is 84.5 Å². The molecular weight excluding hydrogens is 236 g/mol. The van der Waals surface area contributed by atoms with Crippen molar-refractivity contribution in [3.05, 3.63) is 16.4 Å². The maximum absolute atomic E-state index is 10.8. The van der Waals surface area contributed by atoms with Gasteiger partial charge in [0.05, 0.1) is 21.8 Å². The molecule has 4 nitrogen and oxygen atoms in total. The fourth-order valence-electron chi connectivity index (χ4n) is 0.940. The Bertz CT molecular complexity index is 320. The summed E-state index contributed by atoms with van der Waals surface area (Å²) < 4.78 is 0.821. The van der Waals surface area contributed by atoms with Gasteiger partial charge in [0.2, 0.25) is 0 Å². The third-order valence-electron chi connectivity index (χ3n) is 1.86. The van der Waals surface area contributed by atoms with Gasteiger partial charge in [-0.25, -0.2) is 0 Å². The summed E-state index contributed by atoms with van der Waals surface area (Å²) in [5, 5.41) is 15.4. The first-order chi connectivity index (χ1) is 5.93. The summed E-state index contributed by atoms with van der Waals surface area (Å²) >= 11 is 3.28. The van der Waals surface area contributed by atoms with Crippen LogP contribution < -0.4 is 0 Å². The van der Waals surface area contributed by atoms with Gasteiger partial charge in [-0.15, -0.1) is 0 Å². The molecular formula is C8H11BrN2O2. The van der Waals surface area contributed by atoms with Crippen LogP contribution in [-0.4, -0.2) is 21.3 Å². The predicted octanol–water partition coefficient (Wildman–Crippen LogP) is 1.83. The van der Waals surface area contributed by atoms with Crippen molar-refractivity contribution in [1.29, 1.82) is 0 Å². The van der Waals surface area contributed by atoms with Crippen molar-refractivity contribution in [2.45, 2.75) is 20.3 Å². The Hall–Kier alpha value is -0.840. The van der Waals surface area contributed by atoms with Gasteiger partial charge in [0.15, 0.2) is 0 Å². The van der Waals surface area contributed by atoms with E-state index in [1.807, 2.05) is 0 Å². The second-order valence-electron chi connectivity index (χ2n) is 3.56. The molecule has 0 unspecified atom stereocenters. The molecule has 0 atom stereocenters. The zero-order valence-electron chi connectivity index (χ0n) is 7.47. The number of aliphatic carboxylic acids is 1. The highest BCUT2D eigenvalue weighted by Gasteiger charge is 2.28. The highest BCUT2D eigenvalue weighted by atomic mass is 79.9. The van der Waals surface area contributed by atoms with E-state index < -0.39 is 11.4 Å². The summed E-state index contributed by atoms with van der Waals surface area (Å²) in [7, 11) is 0. The molecule has 2 N–H and O–H groups in total. The molecule has 1 aromatic heterocycles. The summed E-state index contributed by atoms with van der Waals surface area (Å²) in [5.41, 5.74) is 0.0436. The zero-order chi connectivity index (χ0) is 10.1. The second kappa shape index (κ2) is 3.49. The molecule has 13 heavy (non-hydrogen) atoms. The minimum absolute atomic E-state index is 0.433. The lowest BCUT2D eigenvalue weighted by Crippen LogP contribution is -2.26. The standard InChI is InChI=1S/C8H11BrN2O2/c1-8(2,7(12)13)3-6-5(9)4-10-11-6/h4H,3H2,1-2H3,(H,10,11)(H,12,13). The number of hydrogen-bond acceptors (Lipinski definition) is 2. The molecule has 1 heterocycles. The summed E-state index contributed by atoms with van der Waals surface area (Å²) in [6.07, 6.45) is 2.05. The number of rotatable bonds is 3. The normalized spacial score (nSPS) is 11.6. The van der Waals surface area contributed by atoms with Gasteiger partial charge in [-0.1, -0.05) is 0 Å². The Balaban J connectivity index is 2.80. The summed E-state index contributed by atoms with van der Waals surface area (Å²) in [6.45, 7) is 3.37. The van der Waals surface area contributed by atoms with Crippen molar-refractivity contribution >= 4 is 21.9 Å². The van der Waals surface area contributed by atoms with E-state index >= 15 is 0 Å². The number of nitrogens with one attached hydrogen (secondary N) is 1. The van der Waals surface area contributed by atoms with Crippen molar-refractivity contribution < 1.29 is 9.90 Å². The fourth-order valence-corrected chi connectivity index (χ4v) is 1.27. The molecule has 0 saturated heterocycles. The van der Waals surface area contributed by atoms with E-state index in [0.717, 1.165) is 10.2 Å². The van der Waals surface area contributed by atoms with Gasteiger partial charge >= 0.3 is 5.97 Å². The second-order valence-corrected chi connectivity index (χ2v) is 4.42. The molecule has 0 radical (unpaired) electrons. The average molecular weight is 247 g/mol. The molecule has 0 aliphatic heterocycles. The van der Waals surface area contributed by atoms with Crippen LogP contribution in [0.25, 0.3) is 0 Å². The zero-order valence-corrected chi connectivity index (χ0v) is 9.05. The van der Waals surface area contributed by atoms with Gasteiger partial charge < -0.3 is 5.11 Å². The van der Waals surface area contributed by atoms with Crippen LogP contribution in [0, 0.1) is 5.41 Å². The van der Waals surface area contributed by atoms with E-state index in [2.05, 4.69) is 26.1 Å². The van der Waals surface area contributed by atoms with Crippen molar-refractivity contribution in [3.63, 3.8) is 0 Å². The molecule has 5 heteroatoms. The van der Waals surface area contributed by atoms with Crippen LogP contribution in [0.4, 0.5) is 0 Å². The SMILES string of the molecule is CC(C)(Cc1[nH]ncc1Br)C(=O)O. The van der Waals surface area contributed by atoms with Crippen molar-refractivity contribution in [2.75, 3.05) is 0 Å². The minimum Gasteiger partial charge on any atom is -0.481 e. The van der Waals surface area contributed by atoms with Crippen LogP contribution >= 0.6 is 15.9 Å². The number of H-pyrrole nitrogens is 1. The Morgan fingerprint density at radius 1 is 1.77 bits per heavy atom. The molecule has 72 valence electrons. The van der Waals surface area contributed by atoms with Crippen LogP contribution in [0.3, 0.4) is 0 Å². The lowest BCUT2D eigenvalue weighted by atomic mass is 9.88. The van der Waals surface area contributed by atoms with Gasteiger partial charge in [0, 0.05) is 6.42 Å². The number of carboxylic acid groups (broad SMARTS) is 1. The topological polar surface area (TPSA) is 66.0 Å². The van der Waals surface area contributed by atoms with Crippen LogP contribution in [0.5, 0.6) is 0 Å². The first kappa shape index (κ1) is 10.2. The molecule has 0 spiro atoms. The summed E-state index contributed by atoms with van der Waals surface area (Å²) in [4.78, 5) is 10.8. The number of carboxylic acids is 1. The maximum Gasteiger partial charge on any atom is 0.309 e. The lowest BCUT2D eigenvalue weighted by Gasteiger charge is -2.17.